The van der Waals surface area contributed by atoms with Crippen LogP contribution in [0.2, 0.25) is 0 Å². The molecule has 124 valence electrons. The van der Waals surface area contributed by atoms with Gasteiger partial charge in [-0.25, -0.2) is 9.18 Å². The van der Waals surface area contributed by atoms with Crippen LogP contribution in [0.25, 0.3) is 0 Å². The summed E-state index contributed by atoms with van der Waals surface area (Å²) < 4.78 is 13.2. The summed E-state index contributed by atoms with van der Waals surface area (Å²) in [5.74, 6) is -0.256. The first-order chi connectivity index (χ1) is 10.7. The molecule has 4 nitrogen and oxygen atoms in total. The summed E-state index contributed by atoms with van der Waals surface area (Å²) in [6, 6.07) is 6.72. The van der Waals surface area contributed by atoms with E-state index in [9.17, 15) is 9.18 Å². The maximum Gasteiger partial charge on any atom is 0.318 e. The number of nitrogens with zero attached hydrogens (tertiary/aromatic N) is 1. The average Bonchev–Trinajstić information content (AvgIpc) is 3.16. The number of hydrogen-bond acceptors (Lipinski definition) is 3. The second kappa shape index (κ2) is 7.77. The monoisotopic (exact) mass is 355 g/mol. The number of rotatable bonds is 4. The number of carbonyl (C=O) groups is 1. The fourth-order valence-electron chi connectivity index (χ4n) is 2.67. The molecule has 1 aliphatic heterocycles. The van der Waals surface area contributed by atoms with Crippen molar-refractivity contribution in [2.45, 2.75) is 19.1 Å². The number of carbonyl (C=O) groups excluding carboxylic acids is 1. The van der Waals surface area contributed by atoms with Gasteiger partial charge >= 0.3 is 6.03 Å². The summed E-state index contributed by atoms with van der Waals surface area (Å²) in [5.41, 5.74) is 3.07. The zero-order valence-electron chi connectivity index (χ0n) is 12.7. The number of amides is 2. The first-order valence-electron chi connectivity index (χ1n) is 7.17. The topological polar surface area (TPSA) is 44.4 Å². The summed E-state index contributed by atoms with van der Waals surface area (Å²) >= 11 is 1.64. The molecule has 3 rings (SSSR count). The SMILES string of the molecule is CNC(CNC(=O)N1Cc2ccc(F)cc2C1)c1ccsc1.Cl. The largest absolute Gasteiger partial charge is 0.336 e. The zero-order valence-corrected chi connectivity index (χ0v) is 14.3. The van der Waals surface area contributed by atoms with Crippen LogP contribution in [0, 0.1) is 5.82 Å². The van der Waals surface area contributed by atoms with Crippen molar-refractivity contribution in [1.82, 2.24) is 15.5 Å². The predicted molar refractivity (Wildman–Crippen MR) is 92.4 cm³/mol. The van der Waals surface area contributed by atoms with Gasteiger partial charge in [0.2, 0.25) is 0 Å². The molecule has 23 heavy (non-hydrogen) atoms. The Hall–Kier alpha value is -1.63. The average molecular weight is 356 g/mol. The van der Waals surface area contributed by atoms with Crippen LogP contribution >= 0.6 is 23.7 Å². The van der Waals surface area contributed by atoms with Gasteiger partial charge in [-0.3, -0.25) is 0 Å². The van der Waals surface area contributed by atoms with Gasteiger partial charge in [-0.2, -0.15) is 11.3 Å². The number of nitrogens with one attached hydrogen (secondary N) is 2. The fraction of sp³-hybridized carbons (Fsp3) is 0.312. The normalized spacial score (nSPS) is 14.1. The van der Waals surface area contributed by atoms with Crippen LogP contribution in [0.3, 0.4) is 0 Å². The molecule has 1 unspecified atom stereocenters. The predicted octanol–water partition coefficient (Wildman–Crippen LogP) is 3.29. The summed E-state index contributed by atoms with van der Waals surface area (Å²) in [5, 5.41) is 10.2. The van der Waals surface area contributed by atoms with E-state index in [1.54, 1.807) is 22.3 Å². The van der Waals surface area contributed by atoms with Gasteiger partial charge < -0.3 is 15.5 Å². The molecular weight excluding hydrogens is 337 g/mol. The molecule has 1 aliphatic rings. The molecule has 7 heteroatoms. The molecule has 0 radical (unpaired) electrons. The van der Waals surface area contributed by atoms with E-state index < -0.39 is 0 Å². The minimum atomic E-state index is -0.256. The maximum absolute atomic E-state index is 13.2. The molecule has 0 saturated carbocycles. The summed E-state index contributed by atoms with van der Waals surface area (Å²) in [4.78, 5) is 14.0. The molecule has 0 fully saturated rings. The first kappa shape index (κ1) is 17.7. The highest BCUT2D eigenvalue weighted by molar-refractivity contribution is 7.07. The second-order valence-electron chi connectivity index (χ2n) is 5.35. The van der Waals surface area contributed by atoms with Crippen molar-refractivity contribution < 1.29 is 9.18 Å². The highest BCUT2D eigenvalue weighted by atomic mass is 35.5. The number of benzene rings is 1. The van der Waals surface area contributed by atoms with Gasteiger partial charge in [-0.05, 0) is 52.7 Å². The smallest absolute Gasteiger partial charge is 0.318 e. The van der Waals surface area contributed by atoms with Crippen molar-refractivity contribution in [1.29, 1.82) is 0 Å². The van der Waals surface area contributed by atoms with Crippen molar-refractivity contribution in [2.24, 2.45) is 0 Å². The molecule has 1 aromatic carbocycles. The van der Waals surface area contributed by atoms with Gasteiger partial charge in [-0.15, -0.1) is 12.4 Å². The molecule has 0 aliphatic carbocycles. The third-order valence-electron chi connectivity index (χ3n) is 3.93. The van der Waals surface area contributed by atoms with Crippen molar-refractivity contribution in [3.8, 4) is 0 Å². The van der Waals surface area contributed by atoms with Crippen molar-refractivity contribution in [2.75, 3.05) is 13.6 Å². The highest BCUT2D eigenvalue weighted by Crippen LogP contribution is 2.23. The molecule has 2 amide bonds. The Bertz CT molecular complexity index is 665. The Balaban J connectivity index is 0.00000192. The molecule has 2 aromatic rings. The molecular formula is C16H19ClFN3OS. The second-order valence-corrected chi connectivity index (χ2v) is 6.13. The molecule has 1 atom stereocenters. The lowest BCUT2D eigenvalue weighted by molar-refractivity contribution is 0.197. The number of hydrogen-bond donors (Lipinski definition) is 2. The van der Waals surface area contributed by atoms with Gasteiger partial charge in [0.25, 0.3) is 0 Å². The van der Waals surface area contributed by atoms with E-state index in [2.05, 4.69) is 16.0 Å². The molecule has 2 heterocycles. The van der Waals surface area contributed by atoms with Crippen LogP contribution in [0.5, 0.6) is 0 Å². The Labute approximate surface area is 145 Å². The molecule has 0 saturated heterocycles. The quantitative estimate of drug-likeness (QED) is 0.883. The van der Waals surface area contributed by atoms with Crippen LogP contribution < -0.4 is 10.6 Å². The zero-order chi connectivity index (χ0) is 15.5. The summed E-state index contributed by atoms with van der Waals surface area (Å²) in [7, 11) is 1.88. The van der Waals surface area contributed by atoms with Gasteiger partial charge in [-0.1, -0.05) is 6.07 Å². The summed E-state index contributed by atoms with van der Waals surface area (Å²) in [6.07, 6.45) is 0. The van der Waals surface area contributed by atoms with E-state index in [4.69, 9.17) is 0 Å². The van der Waals surface area contributed by atoms with Crippen LogP contribution in [-0.4, -0.2) is 24.5 Å². The van der Waals surface area contributed by atoms with E-state index in [-0.39, 0.29) is 30.3 Å². The van der Waals surface area contributed by atoms with Gasteiger partial charge in [0, 0.05) is 19.6 Å². The standard InChI is InChI=1S/C16H18FN3OS.ClH/c1-18-15(12-4-5-22-10-12)7-19-16(21)20-8-11-2-3-14(17)6-13(11)9-20;/h2-6,10,15,18H,7-9H2,1H3,(H,19,21);1H. The Morgan fingerprint density at radius 3 is 2.83 bits per heavy atom. The minimum Gasteiger partial charge on any atom is -0.336 e. The first-order valence-corrected chi connectivity index (χ1v) is 8.11. The van der Waals surface area contributed by atoms with E-state index in [0.29, 0.717) is 19.6 Å². The van der Waals surface area contributed by atoms with E-state index >= 15 is 0 Å². The van der Waals surface area contributed by atoms with Crippen LogP contribution in [0.1, 0.15) is 22.7 Å². The lowest BCUT2D eigenvalue weighted by Gasteiger charge is -2.20. The fourth-order valence-corrected chi connectivity index (χ4v) is 3.38. The molecule has 2 N–H and O–H groups in total. The molecule has 1 aromatic heterocycles. The third-order valence-corrected chi connectivity index (χ3v) is 4.63. The number of fused-ring (bicyclic) bond motifs is 1. The van der Waals surface area contributed by atoms with E-state index in [0.717, 1.165) is 11.1 Å². The van der Waals surface area contributed by atoms with Crippen LogP contribution in [-0.2, 0) is 13.1 Å². The molecule has 0 bridgehead atoms. The van der Waals surface area contributed by atoms with Gasteiger partial charge in [0.15, 0.2) is 0 Å². The van der Waals surface area contributed by atoms with Crippen molar-refractivity contribution >= 4 is 29.8 Å². The van der Waals surface area contributed by atoms with E-state index in [1.807, 2.05) is 18.5 Å². The number of thiophene rings is 1. The number of urea groups is 1. The Kier molecular flexibility index (Phi) is 5.98. The van der Waals surface area contributed by atoms with Crippen LogP contribution in [0.4, 0.5) is 9.18 Å². The Morgan fingerprint density at radius 2 is 2.13 bits per heavy atom. The van der Waals surface area contributed by atoms with Gasteiger partial charge in [0.05, 0.1) is 6.04 Å². The lowest BCUT2D eigenvalue weighted by atomic mass is 10.1. The lowest BCUT2D eigenvalue weighted by Crippen LogP contribution is -2.40. The van der Waals surface area contributed by atoms with Crippen molar-refractivity contribution in [3.63, 3.8) is 0 Å². The number of halogens is 2. The maximum atomic E-state index is 13.2. The van der Waals surface area contributed by atoms with E-state index in [1.165, 1.54) is 17.7 Å². The van der Waals surface area contributed by atoms with Crippen LogP contribution in [0.15, 0.2) is 35.0 Å². The summed E-state index contributed by atoms with van der Waals surface area (Å²) in [6.45, 7) is 1.51. The third kappa shape index (κ3) is 4.02. The van der Waals surface area contributed by atoms with Crippen molar-refractivity contribution in [3.05, 3.63) is 57.5 Å². The van der Waals surface area contributed by atoms with Gasteiger partial charge in [0.1, 0.15) is 5.82 Å². The Morgan fingerprint density at radius 1 is 1.35 bits per heavy atom. The minimum absolute atomic E-state index is 0. The molecule has 0 spiro atoms. The highest BCUT2D eigenvalue weighted by Gasteiger charge is 2.24. The number of likely N-dealkylation sites (N-methyl/N-ethyl adjacent to an activating group) is 1.